The molecule has 2 atom stereocenters. The smallest absolute Gasteiger partial charge is 0.221 e. The maximum atomic E-state index is 15.2. The van der Waals surface area contributed by atoms with Crippen LogP contribution in [-0.2, 0) is 11.3 Å². The topological polar surface area (TPSA) is 37.3 Å². The number of hydrogen-bond acceptors (Lipinski definition) is 2. The quantitative estimate of drug-likeness (QED) is 0.209. The number of halogens is 1. The van der Waals surface area contributed by atoms with E-state index < -0.39 is 0 Å². The molecule has 0 radical (unpaired) electrons. The average molecular weight is 514 g/mol. The van der Waals surface area contributed by atoms with E-state index in [0.717, 1.165) is 48.9 Å². The maximum Gasteiger partial charge on any atom is 0.221 e. The van der Waals surface area contributed by atoms with Crippen LogP contribution < -0.4 is 5.32 Å². The summed E-state index contributed by atoms with van der Waals surface area (Å²) in [5.74, 6) is -0.716. The molecule has 0 spiro atoms. The van der Waals surface area contributed by atoms with Gasteiger partial charge in [0.05, 0.1) is 0 Å². The van der Waals surface area contributed by atoms with Crippen LogP contribution in [0.25, 0.3) is 10.9 Å². The van der Waals surface area contributed by atoms with E-state index in [-0.39, 0.29) is 30.1 Å². The molecule has 5 heteroatoms. The van der Waals surface area contributed by atoms with Gasteiger partial charge in [0.25, 0.3) is 0 Å². The third kappa shape index (κ3) is 6.90. The van der Waals surface area contributed by atoms with E-state index in [9.17, 15) is 4.79 Å². The Morgan fingerprint density at radius 1 is 0.921 bits per heavy atom. The zero-order chi connectivity index (χ0) is 26.9. The van der Waals surface area contributed by atoms with Gasteiger partial charge in [-0.3, -0.25) is 4.79 Å². The molecule has 0 saturated carbocycles. The van der Waals surface area contributed by atoms with Crippen LogP contribution in [0, 0.1) is 5.82 Å². The second-order valence-corrected chi connectivity index (χ2v) is 10.1. The number of rotatable bonds is 13. The Labute approximate surface area is 226 Å². The SMILES string of the molecule is CCN(CC)CCC[C@@H](C)NC(=O)C[C@H](c1ccccc1F)c1cn(Cc2ccccc2)c2ccccc12. The van der Waals surface area contributed by atoms with E-state index in [1.807, 2.05) is 42.5 Å². The Bertz CT molecular complexity index is 1310. The highest BCUT2D eigenvalue weighted by atomic mass is 19.1. The summed E-state index contributed by atoms with van der Waals surface area (Å²) in [6, 6.07) is 25.4. The van der Waals surface area contributed by atoms with Crippen molar-refractivity contribution < 1.29 is 9.18 Å². The number of para-hydroxylation sites is 1. The van der Waals surface area contributed by atoms with Gasteiger partial charge in [0.2, 0.25) is 5.91 Å². The van der Waals surface area contributed by atoms with Crippen molar-refractivity contribution >= 4 is 16.8 Å². The van der Waals surface area contributed by atoms with Crippen LogP contribution in [0.15, 0.2) is 85.1 Å². The van der Waals surface area contributed by atoms with Crippen LogP contribution in [0.5, 0.6) is 0 Å². The van der Waals surface area contributed by atoms with Crippen molar-refractivity contribution in [3.8, 4) is 0 Å². The molecular formula is C33H40FN3O. The third-order valence-electron chi connectivity index (χ3n) is 7.47. The van der Waals surface area contributed by atoms with E-state index in [1.165, 1.54) is 11.6 Å². The van der Waals surface area contributed by atoms with Gasteiger partial charge in [-0.2, -0.15) is 0 Å². The highest BCUT2D eigenvalue weighted by molar-refractivity contribution is 5.87. The van der Waals surface area contributed by atoms with Gasteiger partial charge in [0.15, 0.2) is 0 Å². The lowest BCUT2D eigenvalue weighted by Crippen LogP contribution is -2.34. The predicted octanol–water partition coefficient (Wildman–Crippen LogP) is 6.98. The number of amides is 1. The summed E-state index contributed by atoms with van der Waals surface area (Å²) in [5.41, 5.74) is 3.81. The first-order valence-electron chi connectivity index (χ1n) is 13.9. The van der Waals surface area contributed by atoms with E-state index >= 15 is 4.39 Å². The Balaban J connectivity index is 1.59. The first kappa shape index (κ1) is 27.6. The molecule has 38 heavy (non-hydrogen) atoms. The van der Waals surface area contributed by atoms with Crippen LogP contribution in [-0.4, -0.2) is 41.1 Å². The number of hydrogen-bond donors (Lipinski definition) is 1. The first-order chi connectivity index (χ1) is 18.5. The van der Waals surface area contributed by atoms with Gasteiger partial charge in [-0.15, -0.1) is 0 Å². The molecule has 0 unspecified atom stereocenters. The van der Waals surface area contributed by atoms with E-state index in [1.54, 1.807) is 6.07 Å². The lowest BCUT2D eigenvalue weighted by molar-refractivity contribution is -0.121. The molecule has 200 valence electrons. The van der Waals surface area contributed by atoms with Gasteiger partial charge in [0, 0.05) is 42.0 Å². The summed E-state index contributed by atoms with van der Waals surface area (Å²) < 4.78 is 17.4. The lowest BCUT2D eigenvalue weighted by atomic mass is 9.87. The fourth-order valence-electron chi connectivity index (χ4n) is 5.36. The van der Waals surface area contributed by atoms with Crippen molar-refractivity contribution in [2.75, 3.05) is 19.6 Å². The molecule has 1 amide bonds. The van der Waals surface area contributed by atoms with Crippen molar-refractivity contribution in [3.63, 3.8) is 0 Å². The molecule has 0 fully saturated rings. The van der Waals surface area contributed by atoms with Crippen molar-refractivity contribution in [1.29, 1.82) is 0 Å². The molecule has 0 aliphatic rings. The number of fused-ring (bicyclic) bond motifs is 1. The number of carbonyl (C=O) groups excluding carboxylic acids is 1. The highest BCUT2D eigenvalue weighted by Crippen LogP contribution is 2.36. The summed E-state index contributed by atoms with van der Waals surface area (Å²) >= 11 is 0. The monoisotopic (exact) mass is 513 g/mol. The molecule has 1 aromatic heterocycles. The van der Waals surface area contributed by atoms with Crippen LogP contribution in [0.4, 0.5) is 4.39 Å². The highest BCUT2D eigenvalue weighted by Gasteiger charge is 2.25. The maximum absolute atomic E-state index is 15.2. The zero-order valence-corrected chi connectivity index (χ0v) is 22.9. The predicted molar refractivity (Wildman–Crippen MR) is 155 cm³/mol. The number of carbonyl (C=O) groups is 1. The van der Waals surface area contributed by atoms with Gasteiger partial charge in [-0.25, -0.2) is 4.39 Å². The Morgan fingerprint density at radius 2 is 1.61 bits per heavy atom. The molecule has 4 aromatic rings. The van der Waals surface area contributed by atoms with E-state index in [2.05, 4.69) is 66.0 Å². The molecule has 0 aliphatic carbocycles. The minimum Gasteiger partial charge on any atom is -0.354 e. The van der Waals surface area contributed by atoms with Crippen LogP contribution in [0.3, 0.4) is 0 Å². The van der Waals surface area contributed by atoms with Crippen molar-refractivity contribution in [3.05, 3.63) is 108 Å². The molecular weight excluding hydrogens is 473 g/mol. The van der Waals surface area contributed by atoms with E-state index in [4.69, 9.17) is 0 Å². The Kier molecular flexibility index (Phi) is 9.72. The number of nitrogens with one attached hydrogen (secondary N) is 1. The summed E-state index contributed by atoms with van der Waals surface area (Å²) in [6.45, 7) is 10.2. The molecule has 1 heterocycles. The molecule has 1 N–H and O–H groups in total. The Hall–Kier alpha value is -3.44. The molecule has 0 aliphatic heterocycles. The minimum absolute atomic E-state index is 0.0477. The van der Waals surface area contributed by atoms with Crippen LogP contribution >= 0.6 is 0 Å². The second kappa shape index (κ2) is 13.4. The van der Waals surface area contributed by atoms with Crippen LogP contribution in [0.1, 0.15) is 62.6 Å². The Morgan fingerprint density at radius 3 is 2.34 bits per heavy atom. The van der Waals surface area contributed by atoms with Gasteiger partial charge in [0.1, 0.15) is 5.82 Å². The van der Waals surface area contributed by atoms with Crippen LogP contribution in [0.2, 0.25) is 0 Å². The fraction of sp³-hybridized carbons (Fsp3) is 0.364. The second-order valence-electron chi connectivity index (χ2n) is 10.1. The molecule has 0 bridgehead atoms. The van der Waals surface area contributed by atoms with Crippen molar-refractivity contribution in [2.24, 2.45) is 0 Å². The molecule has 0 saturated heterocycles. The molecule has 4 rings (SSSR count). The summed E-state index contributed by atoms with van der Waals surface area (Å²) in [4.78, 5) is 15.7. The largest absolute Gasteiger partial charge is 0.354 e. The number of benzene rings is 3. The first-order valence-corrected chi connectivity index (χ1v) is 13.9. The van der Waals surface area contributed by atoms with Gasteiger partial charge in [-0.1, -0.05) is 80.6 Å². The summed E-state index contributed by atoms with van der Waals surface area (Å²) in [5, 5.41) is 4.24. The summed E-state index contributed by atoms with van der Waals surface area (Å²) in [6.07, 6.45) is 4.26. The van der Waals surface area contributed by atoms with Gasteiger partial charge >= 0.3 is 0 Å². The molecule has 3 aromatic carbocycles. The van der Waals surface area contributed by atoms with Gasteiger partial charge in [-0.05, 0) is 68.2 Å². The summed E-state index contributed by atoms with van der Waals surface area (Å²) in [7, 11) is 0. The zero-order valence-electron chi connectivity index (χ0n) is 22.9. The molecule has 4 nitrogen and oxygen atoms in total. The standard InChI is InChI=1S/C33H40FN3O/c1-4-36(5-2)21-13-14-25(3)35-33(38)22-29(27-17-9-11-19-31(27)34)30-24-37(23-26-15-7-6-8-16-26)32-20-12-10-18-28(30)32/h6-12,15-20,24-25,29H,4-5,13-14,21-23H2,1-3H3,(H,35,38)/t25-,29-/m1/s1. The normalized spacial score (nSPS) is 13.1. The van der Waals surface area contributed by atoms with Crippen molar-refractivity contribution in [1.82, 2.24) is 14.8 Å². The van der Waals surface area contributed by atoms with Gasteiger partial charge < -0.3 is 14.8 Å². The lowest BCUT2D eigenvalue weighted by Gasteiger charge is -2.21. The van der Waals surface area contributed by atoms with Crippen molar-refractivity contribution in [2.45, 2.75) is 58.5 Å². The number of nitrogens with zero attached hydrogens (tertiary/aromatic N) is 2. The third-order valence-corrected chi connectivity index (χ3v) is 7.47. The van der Waals surface area contributed by atoms with E-state index in [0.29, 0.717) is 12.1 Å². The minimum atomic E-state index is -0.388. The fourth-order valence-corrected chi connectivity index (χ4v) is 5.36. The number of aromatic nitrogens is 1. The average Bonchev–Trinajstić information content (AvgIpc) is 3.29.